The molecule has 1 amide bonds. The Hall–Kier alpha value is -3.83. The maximum Gasteiger partial charge on any atom is 0.248 e. The van der Waals surface area contributed by atoms with E-state index in [0.717, 1.165) is 41.5 Å². The number of nitrogens with zero attached hydrogens (tertiary/aromatic N) is 5. The van der Waals surface area contributed by atoms with Crippen LogP contribution in [0.2, 0.25) is 0 Å². The zero-order valence-electron chi connectivity index (χ0n) is 20.9. The second-order valence-electron chi connectivity index (χ2n) is 10.1. The average molecular weight is 533 g/mol. The molecule has 38 heavy (non-hydrogen) atoms. The van der Waals surface area contributed by atoms with Crippen molar-refractivity contribution in [3.63, 3.8) is 0 Å². The molecule has 2 fully saturated rings. The van der Waals surface area contributed by atoms with Crippen molar-refractivity contribution in [1.82, 2.24) is 24.3 Å². The summed E-state index contributed by atoms with van der Waals surface area (Å²) in [5, 5.41) is 9.43. The summed E-state index contributed by atoms with van der Waals surface area (Å²) >= 11 is 0. The van der Waals surface area contributed by atoms with E-state index < -0.39 is 16.4 Å². The minimum absolute atomic E-state index is 0.0460. The molecule has 0 aromatic carbocycles. The number of sulfone groups is 1. The molecule has 2 aliphatic rings. The molecule has 10 nitrogen and oxygen atoms in total. The molecule has 2 aliphatic heterocycles. The molecule has 0 radical (unpaired) electrons. The zero-order chi connectivity index (χ0) is 26.6. The zero-order valence-corrected chi connectivity index (χ0v) is 21.7. The minimum Gasteiger partial charge on any atom is -0.387 e. The average Bonchev–Trinajstić information content (AvgIpc) is 3.46. The summed E-state index contributed by atoms with van der Waals surface area (Å²) in [7, 11) is -3.69. The van der Waals surface area contributed by atoms with Crippen LogP contribution in [-0.2, 0) is 14.6 Å². The van der Waals surface area contributed by atoms with E-state index >= 15 is 0 Å². The third-order valence-electron chi connectivity index (χ3n) is 7.77. The summed E-state index contributed by atoms with van der Waals surface area (Å²) in [6.45, 7) is -0.523. The van der Waals surface area contributed by atoms with E-state index in [1.54, 1.807) is 34.1 Å². The summed E-state index contributed by atoms with van der Waals surface area (Å²) in [4.78, 5) is 27.8. The number of pyridine rings is 2. The van der Waals surface area contributed by atoms with Gasteiger partial charge in [0, 0.05) is 65.7 Å². The first-order valence-electron chi connectivity index (χ1n) is 12.6. The Labute approximate surface area is 220 Å². The SMILES string of the molecule is CS(=O)(=O)c1c([C@@H]2C[C@H]3CC[C@@H](C2)N3C(=O)CO)nc2c(-c3ccc(-c4ccncc4)nc3)ccn2c1N. The lowest BCUT2D eigenvalue weighted by molar-refractivity contribution is -0.138. The Bertz CT molecular complexity index is 1620. The first-order valence-corrected chi connectivity index (χ1v) is 14.4. The lowest BCUT2D eigenvalue weighted by Crippen LogP contribution is -2.47. The van der Waals surface area contributed by atoms with Crippen LogP contribution in [0.1, 0.15) is 37.3 Å². The molecule has 0 saturated carbocycles. The quantitative estimate of drug-likeness (QED) is 0.399. The van der Waals surface area contributed by atoms with Gasteiger partial charge in [-0.05, 0) is 49.9 Å². The molecule has 3 N–H and O–H groups in total. The van der Waals surface area contributed by atoms with Crippen molar-refractivity contribution in [1.29, 1.82) is 0 Å². The van der Waals surface area contributed by atoms with Crippen LogP contribution in [0.15, 0.2) is 60.0 Å². The van der Waals surface area contributed by atoms with Crippen molar-refractivity contribution in [3.05, 3.63) is 60.8 Å². The van der Waals surface area contributed by atoms with Gasteiger partial charge in [-0.1, -0.05) is 6.07 Å². The fourth-order valence-corrected chi connectivity index (χ4v) is 7.23. The summed E-state index contributed by atoms with van der Waals surface area (Å²) in [6, 6.07) is 9.42. The van der Waals surface area contributed by atoms with E-state index in [-0.39, 0.29) is 34.6 Å². The van der Waals surface area contributed by atoms with Gasteiger partial charge in [0.1, 0.15) is 23.0 Å². The number of amides is 1. The number of nitrogen functional groups attached to an aromatic ring is 1. The van der Waals surface area contributed by atoms with Gasteiger partial charge in [0.05, 0.1) is 11.4 Å². The first kappa shape index (κ1) is 24.5. The highest BCUT2D eigenvalue weighted by atomic mass is 32.2. The van der Waals surface area contributed by atoms with E-state index in [1.165, 1.54) is 0 Å². The number of carbonyl (C=O) groups is 1. The number of piperidine rings is 1. The van der Waals surface area contributed by atoms with Gasteiger partial charge < -0.3 is 15.7 Å². The maximum atomic E-state index is 13.0. The van der Waals surface area contributed by atoms with Gasteiger partial charge in [0.2, 0.25) is 5.91 Å². The summed E-state index contributed by atoms with van der Waals surface area (Å²) in [6.07, 6.45) is 10.9. The number of rotatable bonds is 5. The minimum atomic E-state index is -3.69. The molecule has 196 valence electrons. The Morgan fingerprint density at radius 3 is 2.39 bits per heavy atom. The van der Waals surface area contributed by atoms with Gasteiger partial charge in [-0.3, -0.25) is 19.2 Å². The highest BCUT2D eigenvalue weighted by Crippen LogP contribution is 2.45. The van der Waals surface area contributed by atoms with Crippen LogP contribution < -0.4 is 5.73 Å². The molecule has 0 aliphatic carbocycles. The normalized spacial score (nSPS) is 21.2. The molecule has 3 atom stereocenters. The summed E-state index contributed by atoms with van der Waals surface area (Å²) in [5.74, 6) is -0.331. The molecule has 6 heterocycles. The molecular formula is C27H28N6O4S. The Morgan fingerprint density at radius 2 is 1.79 bits per heavy atom. The van der Waals surface area contributed by atoms with Crippen molar-refractivity contribution < 1.29 is 18.3 Å². The maximum absolute atomic E-state index is 13.0. The lowest BCUT2D eigenvalue weighted by atomic mass is 9.87. The van der Waals surface area contributed by atoms with E-state index in [2.05, 4.69) is 9.97 Å². The molecule has 6 rings (SSSR count). The molecule has 4 aromatic rings. The van der Waals surface area contributed by atoms with Crippen molar-refractivity contribution >= 4 is 27.2 Å². The highest BCUT2D eigenvalue weighted by Gasteiger charge is 2.45. The fraction of sp³-hybridized carbons (Fsp3) is 0.333. The molecule has 2 saturated heterocycles. The molecular weight excluding hydrogens is 504 g/mol. The third-order valence-corrected chi connectivity index (χ3v) is 8.93. The topological polar surface area (TPSA) is 144 Å². The van der Waals surface area contributed by atoms with Crippen LogP contribution in [0.5, 0.6) is 0 Å². The standard InChI is InChI=1S/C27H28N6O4S/c1-38(36,37)25-24(18-12-19-3-4-20(13-18)33(19)23(35)15-34)31-27-21(8-11-32(27)26(25)28)17-2-5-22(30-14-17)16-6-9-29-10-7-16/h2,5-11,14,18-20,34H,3-4,12-13,15,28H2,1H3/t18-,19-,20+. The molecule has 2 bridgehead atoms. The van der Waals surface area contributed by atoms with Crippen molar-refractivity contribution in [2.75, 3.05) is 18.6 Å². The number of hydrogen-bond acceptors (Lipinski definition) is 8. The van der Waals surface area contributed by atoms with Crippen LogP contribution in [0, 0.1) is 0 Å². The van der Waals surface area contributed by atoms with Crippen molar-refractivity contribution in [3.8, 4) is 22.4 Å². The third kappa shape index (κ3) is 4.02. The predicted molar refractivity (Wildman–Crippen MR) is 142 cm³/mol. The molecule has 4 aromatic heterocycles. The predicted octanol–water partition coefficient (Wildman–Crippen LogP) is 2.67. The van der Waals surface area contributed by atoms with Gasteiger partial charge in [-0.15, -0.1) is 0 Å². The monoisotopic (exact) mass is 532 g/mol. The van der Waals surface area contributed by atoms with E-state index in [4.69, 9.17) is 10.7 Å². The number of hydrogen-bond donors (Lipinski definition) is 2. The number of carbonyl (C=O) groups excluding carboxylic acids is 1. The Kier molecular flexibility index (Phi) is 5.92. The fourth-order valence-electron chi connectivity index (χ4n) is 6.16. The Morgan fingerprint density at radius 1 is 1.08 bits per heavy atom. The summed E-state index contributed by atoms with van der Waals surface area (Å²) < 4.78 is 27.5. The number of aliphatic hydroxyl groups excluding tert-OH is 1. The largest absolute Gasteiger partial charge is 0.387 e. The second-order valence-corrected chi connectivity index (χ2v) is 12.0. The van der Waals surface area contributed by atoms with E-state index in [9.17, 15) is 18.3 Å². The van der Waals surface area contributed by atoms with Gasteiger partial charge in [0.15, 0.2) is 9.84 Å². The molecule has 0 unspecified atom stereocenters. The molecule has 0 spiro atoms. The van der Waals surface area contributed by atoms with Crippen molar-refractivity contribution in [2.24, 2.45) is 0 Å². The number of fused-ring (bicyclic) bond motifs is 3. The number of aliphatic hydroxyl groups is 1. The number of nitrogens with two attached hydrogens (primary N) is 1. The highest BCUT2D eigenvalue weighted by molar-refractivity contribution is 7.91. The van der Waals surface area contributed by atoms with Gasteiger partial charge in [-0.2, -0.15) is 0 Å². The lowest BCUT2D eigenvalue weighted by Gasteiger charge is -2.39. The van der Waals surface area contributed by atoms with Crippen LogP contribution in [0.4, 0.5) is 5.82 Å². The van der Waals surface area contributed by atoms with Crippen LogP contribution in [0.3, 0.4) is 0 Å². The smallest absolute Gasteiger partial charge is 0.248 e. The van der Waals surface area contributed by atoms with Crippen LogP contribution in [0.25, 0.3) is 28.0 Å². The van der Waals surface area contributed by atoms with E-state index in [1.807, 2.05) is 30.3 Å². The van der Waals surface area contributed by atoms with E-state index in [0.29, 0.717) is 24.2 Å². The van der Waals surface area contributed by atoms with Crippen LogP contribution in [-0.4, -0.2) is 68.6 Å². The first-order chi connectivity index (χ1) is 18.3. The Balaban J connectivity index is 1.44. The number of anilines is 1. The molecule has 11 heteroatoms. The number of aromatic nitrogens is 4. The van der Waals surface area contributed by atoms with Gasteiger partial charge >= 0.3 is 0 Å². The van der Waals surface area contributed by atoms with Crippen molar-refractivity contribution in [2.45, 2.75) is 48.6 Å². The van der Waals surface area contributed by atoms with Gasteiger partial charge in [-0.25, -0.2) is 13.4 Å². The van der Waals surface area contributed by atoms with Gasteiger partial charge in [0.25, 0.3) is 0 Å². The summed E-state index contributed by atoms with van der Waals surface area (Å²) in [5.41, 5.74) is 10.9. The van der Waals surface area contributed by atoms with Crippen LogP contribution >= 0.6 is 0 Å². The second kappa shape index (κ2) is 9.17.